The number of pyridine rings is 1. The summed E-state index contributed by atoms with van der Waals surface area (Å²) in [6.45, 7) is 2.20. The standard InChI is InChI=1S/C29H27FN6O2/c1-18-6-7-19(15-32-18)16-37-24-12-21(30)13-25(14-24)38-23-10-8-22(9-11-23)36-28-27(33-17-34-29(28)31)26(35-36)20-4-2-3-5-20/h6-15,17,20H,2-5,16H2,1H3,(H2,31,33,34). The predicted molar refractivity (Wildman–Crippen MR) is 142 cm³/mol. The highest BCUT2D eigenvalue weighted by Gasteiger charge is 2.25. The van der Waals surface area contributed by atoms with E-state index in [0.29, 0.717) is 34.5 Å². The van der Waals surface area contributed by atoms with E-state index in [-0.39, 0.29) is 6.61 Å². The van der Waals surface area contributed by atoms with Gasteiger partial charge < -0.3 is 15.2 Å². The van der Waals surface area contributed by atoms with Gasteiger partial charge in [-0.2, -0.15) is 5.10 Å². The van der Waals surface area contributed by atoms with Gasteiger partial charge in [0, 0.05) is 41.6 Å². The van der Waals surface area contributed by atoms with Gasteiger partial charge in [0.2, 0.25) is 0 Å². The molecule has 0 spiro atoms. The van der Waals surface area contributed by atoms with E-state index >= 15 is 0 Å². The summed E-state index contributed by atoms with van der Waals surface area (Å²) in [4.78, 5) is 13.0. The van der Waals surface area contributed by atoms with Crippen LogP contribution in [-0.2, 0) is 6.61 Å². The Morgan fingerprint density at radius 3 is 2.50 bits per heavy atom. The fourth-order valence-corrected chi connectivity index (χ4v) is 4.88. The third-order valence-corrected chi connectivity index (χ3v) is 6.79. The van der Waals surface area contributed by atoms with Crippen molar-refractivity contribution in [2.45, 2.75) is 45.1 Å². The largest absolute Gasteiger partial charge is 0.489 e. The van der Waals surface area contributed by atoms with Crippen LogP contribution in [0.3, 0.4) is 0 Å². The van der Waals surface area contributed by atoms with Gasteiger partial charge in [-0.1, -0.05) is 18.9 Å². The number of benzene rings is 2. The number of fused-ring (bicyclic) bond motifs is 1. The average Bonchev–Trinajstić information content (AvgIpc) is 3.58. The molecule has 8 nitrogen and oxygen atoms in total. The first-order valence-corrected chi connectivity index (χ1v) is 12.7. The summed E-state index contributed by atoms with van der Waals surface area (Å²) in [6, 6.07) is 15.5. The number of hydrogen-bond donors (Lipinski definition) is 1. The van der Waals surface area contributed by atoms with Crippen molar-refractivity contribution in [1.29, 1.82) is 0 Å². The molecule has 1 fully saturated rings. The second-order valence-corrected chi connectivity index (χ2v) is 9.55. The first kappa shape index (κ1) is 23.8. The average molecular weight is 511 g/mol. The summed E-state index contributed by atoms with van der Waals surface area (Å²) in [5.74, 6) is 1.57. The van der Waals surface area contributed by atoms with Crippen LogP contribution in [0.4, 0.5) is 10.2 Å². The molecule has 9 heteroatoms. The zero-order valence-electron chi connectivity index (χ0n) is 21.0. The van der Waals surface area contributed by atoms with E-state index in [1.165, 1.54) is 31.3 Å². The minimum absolute atomic E-state index is 0.276. The summed E-state index contributed by atoms with van der Waals surface area (Å²) in [6.07, 6.45) is 7.83. The van der Waals surface area contributed by atoms with Crippen LogP contribution in [0.5, 0.6) is 17.2 Å². The van der Waals surface area contributed by atoms with E-state index in [4.69, 9.17) is 20.3 Å². The lowest BCUT2D eigenvalue weighted by Crippen LogP contribution is -2.01. The number of nitrogens with two attached hydrogens (primary N) is 1. The zero-order valence-corrected chi connectivity index (χ0v) is 21.0. The number of rotatable bonds is 7. The summed E-state index contributed by atoms with van der Waals surface area (Å²) >= 11 is 0. The van der Waals surface area contributed by atoms with E-state index in [9.17, 15) is 4.39 Å². The molecule has 0 aliphatic heterocycles. The number of aromatic nitrogens is 5. The van der Waals surface area contributed by atoms with Crippen molar-refractivity contribution in [3.05, 3.63) is 89.9 Å². The van der Waals surface area contributed by atoms with Crippen LogP contribution in [0.2, 0.25) is 0 Å². The van der Waals surface area contributed by atoms with Crippen molar-refractivity contribution < 1.29 is 13.9 Å². The number of halogens is 1. The predicted octanol–water partition coefficient (Wildman–Crippen LogP) is 6.27. The molecule has 1 saturated carbocycles. The van der Waals surface area contributed by atoms with Gasteiger partial charge in [-0.25, -0.2) is 19.0 Å². The van der Waals surface area contributed by atoms with Crippen LogP contribution in [0.1, 0.15) is 48.6 Å². The highest BCUT2D eigenvalue weighted by atomic mass is 19.1. The van der Waals surface area contributed by atoms with Gasteiger partial charge in [0.25, 0.3) is 0 Å². The normalized spacial score (nSPS) is 13.7. The Balaban J connectivity index is 1.22. The number of aryl methyl sites for hydroxylation is 1. The topological polar surface area (TPSA) is 101 Å². The summed E-state index contributed by atoms with van der Waals surface area (Å²) in [7, 11) is 0. The summed E-state index contributed by atoms with van der Waals surface area (Å²) in [5, 5.41) is 4.91. The maximum absolute atomic E-state index is 14.3. The third kappa shape index (κ3) is 4.87. The lowest BCUT2D eigenvalue weighted by atomic mass is 10.0. The molecule has 0 bridgehead atoms. The Morgan fingerprint density at radius 1 is 0.947 bits per heavy atom. The maximum Gasteiger partial charge on any atom is 0.153 e. The minimum atomic E-state index is -0.450. The molecular formula is C29H27FN6O2. The Kier molecular flexibility index (Phi) is 6.33. The molecule has 6 rings (SSSR count). The molecule has 0 unspecified atom stereocenters. The van der Waals surface area contributed by atoms with Crippen molar-refractivity contribution in [3.63, 3.8) is 0 Å². The Bertz CT molecular complexity index is 1580. The molecule has 5 aromatic rings. The van der Waals surface area contributed by atoms with Crippen LogP contribution < -0.4 is 15.2 Å². The quantitative estimate of drug-likeness (QED) is 0.275. The molecule has 38 heavy (non-hydrogen) atoms. The minimum Gasteiger partial charge on any atom is -0.489 e. The van der Waals surface area contributed by atoms with Crippen molar-refractivity contribution in [3.8, 4) is 22.9 Å². The molecule has 0 amide bonds. The van der Waals surface area contributed by atoms with Crippen LogP contribution in [0, 0.1) is 12.7 Å². The van der Waals surface area contributed by atoms with Crippen molar-refractivity contribution in [2.24, 2.45) is 0 Å². The SMILES string of the molecule is Cc1ccc(COc2cc(F)cc(Oc3ccc(-n4nc(C5CCCC5)c5ncnc(N)c54)cc3)c2)cn1. The van der Waals surface area contributed by atoms with Crippen LogP contribution in [0.25, 0.3) is 16.7 Å². The number of hydrogen-bond acceptors (Lipinski definition) is 7. The Labute approximate surface area is 219 Å². The van der Waals surface area contributed by atoms with Gasteiger partial charge in [-0.15, -0.1) is 0 Å². The van der Waals surface area contributed by atoms with Crippen molar-refractivity contribution >= 4 is 16.9 Å². The van der Waals surface area contributed by atoms with Crippen molar-refractivity contribution in [2.75, 3.05) is 5.73 Å². The molecule has 2 N–H and O–H groups in total. The van der Waals surface area contributed by atoms with Crippen molar-refractivity contribution in [1.82, 2.24) is 24.7 Å². The molecule has 1 aliphatic rings. The molecule has 0 atom stereocenters. The molecule has 192 valence electrons. The van der Waals surface area contributed by atoms with Gasteiger partial charge in [-0.05, 0) is 50.1 Å². The number of nitrogens with zero attached hydrogens (tertiary/aromatic N) is 5. The van der Waals surface area contributed by atoms with E-state index < -0.39 is 5.82 Å². The zero-order chi connectivity index (χ0) is 26.1. The molecule has 0 saturated heterocycles. The highest BCUT2D eigenvalue weighted by molar-refractivity contribution is 5.88. The van der Waals surface area contributed by atoms with E-state index in [2.05, 4.69) is 15.0 Å². The van der Waals surface area contributed by atoms with E-state index in [1.54, 1.807) is 16.9 Å². The summed E-state index contributed by atoms with van der Waals surface area (Å²) in [5.41, 5.74) is 11.4. The molecular weight excluding hydrogens is 483 g/mol. The number of nitrogen functional groups attached to an aromatic ring is 1. The molecule has 0 radical (unpaired) electrons. The number of anilines is 1. The lowest BCUT2D eigenvalue weighted by molar-refractivity contribution is 0.302. The maximum atomic E-state index is 14.3. The monoisotopic (exact) mass is 510 g/mol. The Morgan fingerprint density at radius 2 is 1.74 bits per heavy atom. The fraction of sp³-hybridized carbons (Fsp3) is 0.241. The highest BCUT2D eigenvalue weighted by Crippen LogP contribution is 2.38. The van der Waals surface area contributed by atoms with Crippen LogP contribution in [0.15, 0.2) is 67.1 Å². The molecule has 1 aliphatic carbocycles. The van der Waals surface area contributed by atoms with Gasteiger partial charge in [0.05, 0.1) is 11.4 Å². The van der Waals surface area contributed by atoms with Gasteiger partial charge in [0.1, 0.15) is 47.0 Å². The van der Waals surface area contributed by atoms with E-state index in [1.807, 2.05) is 43.3 Å². The van der Waals surface area contributed by atoms with Gasteiger partial charge >= 0.3 is 0 Å². The Hall–Kier alpha value is -4.53. The first-order valence-electron chi connectivity index (χ1n) is 12.7. The van der Waals surface area contributed by atoms with Crippen LogP contribution in [-0.4, -0.2) is 24.7 Å². The molecule has 2 aromatic carbocycles. The summed E-state index contributed by atoms with van der Waals surface area (Å²) < 4.78 is 27.8. The van der Waals surface area contributed by atoms with Gasteiger partial charge in [-0.3, -0.25) is 4.98 Å². The molecule has 3 aromatic heterocycles. The lowest BCUT2D eigenvalue weighted by Gasteiger charge is -2.11. The smallest absolute Gasteiger partial charge is 0.153 e. The second kappa shape index (κ2) is 10.1. The first-order chi connectivity index (χ1) is 18.5. The van der Waals surface area contributed by atoms with Gasteiger partial charge in [0.15, 0.2) is 5.82 Å². The second-order valence-electron chi connectivity index (χ2n) is 9.55. The van der Waals surface area contributed by atoms with E-state index in [0.717, 1.165) is 41.0 Å². The molecule has 3 heterocycles. The van der Waals surface area contributed by atoms with Crippen LogP contribution >= 0.6 is 0 Å². The third-order valence-electron chi connectivity index (χ3n) is 6.79. The number of ether oxygens (including phenoxy) is 2. The fourth-order valence-electron chi connectivity index (χ4n) is 4.88.